The van der Waals surface area contributed by atoms with Crippen LogP contribution in [0.4, 0.5) is 5.69 Å². The lowest BCUT2D eigenvalue weighted by atomic mass is 10.1. The van der Waals surface area contributed by atoms with E-state index in [4.69, 9.17) is 0 Å². The van der Waals surface area contributed by atoms with Gasteiger partial charge in [0.05, 0.1) is 11.9 Å². The van der Waals surface area contributed by atoms with Crippen molar-refractivity contribution in [1.29, 1.82) is 0 Å². The van der Waals surface area contributed by atoms with E-state index in [0.29, 0.717) is 5.69 Å². The summed E-state index contributed by atoms with van der Waals surface area (Å²) in [6.07, 6.45) is 1.96. The number of para-hydroxylation sites is 2. The van der Waals surface area contributed by atoms with Gasteiger partial charge in [-0.15, -0.1) is 10.2 Å². The van der Waals surface area contributed by atoms with E-state index >= 15 is 0 Å². The summed E-state index contributed by atoms with van der Waals surface area (Å²) in [5, 5.41) is 19.8. The Labute approximate surface area is 143 Å². The van der Waals surface area contributed by atoms with Gasteiger partial charge in [0.25, 0.3) is 5.91 Å². The number of carbonyl (C=O) groups is 1. The van der Waals surface area contributed by atoms with Gasteiger partial charge in [-0.3, -0.25) is 4.79 Å². The molecular weight excluding hydrogens is 316 g/mol. The van der Waals surface area contributed by atoms with Crippen LogP contribution in [0.15, 0.2) is 65.0 Å². The minimum Gasteiger partial charge on any atom is -0.493 e. The van der Waals surface area contributed by atoms with Crippen LogP contribution in [-0.4, -0.2) is 20.6 Å². The summed E-state index contributed by atoms with van der Waals surface area (Å²) in [5.41, 5.74) is 3.00. The Balaban J connectivity index is 1.62. The maximum atomic E-state index is 12.2. The summed E-state index contributed by atoms with van der Waals surface area (Å²) in [7, 11) is 1.74. The monoisotopic (exact) mass is 332 g/mol. The molecule has 2 aromatic heterocycles. The molecule has 0 bridgehead atoms. The smallest absolute Gasteiger partial charge is 0.269 e. The van der Waals surface area contributed by atoms with Crippen LogP contribution >= 0.6 is 0 Å². The fraction of sp³-hybridized carbons (Fsp3) is 0.105. The fourth-order valence-corrected chi connectivity index (χ4v) is 3.04. The number of aromatic amines is 1. The second-order valence-corrected chi connectivity index (χ2v) is 5.88. The highest BCUT2D eigenvalue weighted by Crippen LogP contribution is 2.37. The molecule has 2 aromatic carbocycles. The summed E-state index contributed by atoms with van der Waals surface area (Å²) < 4.78 is 1.62. The third-order valence-electron chi connectivity index (χ3n) is 4.33. The third kappa shape index (κ3) is 2.57. The molecule has 0 unspecified atom stereocenters. The van der Waals surface area contributed by atoms with Crippen molar-refractivity contribution in [2.24, 2.45) is 17.3 Å². The van der Waals surface area contributed by atoms with E-state index < -0.39 is 0 Å². The van der Waals surface area contributed by atoms with E-state index in [1.165, 1.54) is 0 Å². The maximum Gasteiger partial charge on any atom is 0.269 e. The van der Waals surface area contributed by atoms with Crippen LogP contribution in [-0.2, 0) is 18.3 Å². The number of hydrogen-bond acceptors (Lipinski definition) is 3. The number of amides is 1. The van der Waals surface area contributed by atoms with Gasteiger partial charge in [0.1, 0.15) is 0 Å². The zero-order valence-corrected chi connectivity index (χ0v) is 13.6. The van der Waals surface area contributed by atoms with Crippen LogP contribution in [0.25, 0.3) is 21.8 Å². The molecule has 0 atom stereocenters. The van der Waals surface area contributed by atoms with Crippen molar-refractivity contribution in [2.75, 3.05) is 0 Å². The average Bonchev–Trinajstić information content (AvgIpc) is 3.14. The second-order valence-electron chi connectivity index (χ2n) is 5.88. The molecule has 0 aliphatic heterocycles. The predicted molar refractivity (Wildman–Crippen MR) is 96.1 cm³/mol. The Morgan fingerprint density at radius 3 is 2.68 bits per heavy atom. The number of H-pyrrole nitrogens is 1. The third-order valence-corrected chi connectivity index (χ3v) is 4.33. The van der Waals surface area contributed by atoms with E-state index in [1.807, 2.05) is 54.7 Å². The highest BCUT2D eigenvalue weighted by Gasteiger charge is 2.14. The van der Waals surface area contributed by atoms with Crippen LogP contribution in [0.1, 0.15) is 5.56 Å². The Hall–Kier alpha value is -3.41. The number of nitrogens with one attached hydrogen (secondary N) is 1. The molecule has 0 saturated heterocycles. The molecule has 4 aromatic rings. The van der Waals surface area contributed by atoms with E-state index in [-0.39, 0.29) is 18.2 Å². The van der Waals surface area contributed by atoms with E-state index in [2.05, 4.69) is 15.2 Å². The summed E-state index contributed by atoms with van der Waals surface area (Å²) >= 11 is 0. The zero-order valence-electron chi connectivity index (χ0n) is 13.6. The first-order valence-corrected chi connectivity index (χ1v) is 7.91. The quantitative estimate of drug-likeness (QED) is 0.551. The lowest BCUT2D eigenvalue weighted by Crippen LogP contribution is -1.96. The minimum atomic E-state index is -0.364. The average molecular weight is 332 g/mol. The topological polar surface area (TPSA) is 82.7 Å². The summed E-state index contributed by atoms with van der Waals surface area (Å²) in [6, 6.07) is 15.2. The van der Waals surface area contributed by atoms with Gasteiger partial charge >= 0.3 is 0 Å². The van der Waals surface area contributed by atoms with Gasteiger partial charge in [-0.25, -0.2) is 0 Å². The largest absolute Gasteiger partial charge is 0.493 e. The summed E-state index contributed by atoms with van der Waals surface area (Å²) in [4.78, 5) is 15.4. The van der Waals surface area contributed by atoms with Crippen LogP contribution in [0.5, 0.6) is 5.88 Å². The number of nitrogens with zero attached hydrogens (tertiary/aromatic N) is 3. The van der Waals surface area contributed by atoms with Crippen molar-refractivity contribution in [3.05, 3.63) is 60.3 Å². The van der Waals surface area contributed by atoms with Crippen LogP contribution in [0.3, 0.4) is 0 Å². The van der Waals surface area contributed by atoms with Crippen molar-refractivity contribution >= 4 is 33.4 Å². The van der Waals surface area contributed by atoms with Crippen molar-refractivity contribution in [1.82, 2.24) is 9.55 Å². The van der Waals surface area contributed by atoms with Gasteiger partial charge in [-0.1, -0.05) is 36.4 Å². The molecule has 6 nitrogen and oxygen atoms in total. The molecular formula is C19H16N4O2. The lowest BCUT2D eigenvalue weighted by molar-refractivity contribution is -0.117. The molecule has 0 saturated carbocycles. The highest BCUT2D eigenvalue weighted by molar-refractivity contribution is 5.95. The molecule has 2 N–H and O–H groups in total. The number of carbonyl (C=O) groups excluding carboxylic acids is 1. The lowest BCUT2D eigenvalue weighted by Gasteiger charge is -1.96. The fourth-order valence-electron chi connectivity index (χ4n) is 3.04. The Morgan fingerprint density at radius 1 is 1.12 bits per heavy atom. The molecule has 124 valence electrons. The first-order valence-electron chi connectivity index (χ1n) is 7.91. The normalized spacial score (nSPS) is 11.7. The molecule has 0 fully saturated rings. The minimum absolute atomic E-state index is 0.00940. The van der Waals surface area contributed by atoms with Gasteiger partial charge in [-0.2, -0.15) is 0 Å². The first kappa shape index (κ1) is 15.1. The number of benzene rings is 2. The molecule has 0 radical (unpaired) electrons. The number of aromatic hydroxyl groups is 1. The predicted octanol–water partition coefficient (Wildman–Crippen LogP) is 4.22. The van der Waals surface area contributed by atoms with Gasteiger partial charge in [0.15, 0.2) is 5.69 Å². The SMILES string of the molecule is Cn1c(O)c(N=NC(=O)Cc2c[nH]c3ccccc23)c2ccccc21. The van der Waals surface area contributed by atoms with E-state index in [1.54, 1.807) is 11.6 Å². The molecule has 0 aliphatic rings. The maximum absolute atomic E-state index is 12.2. The van der Waals surface area contributed by atoms with Crippen molar-refractivity contribution in [3.8, 4) is 5.88 Å². The van der Waals surface area contributed by atoms with Gasteiger partial charge in [-0.05, 0) is 17.7 Å². The zero-order chi connectivity index (χ0) is 17.4. The van der Waals surface area contributed by atoms with E-state index in [0.717, 1.165) is 27.4 Å². The van der Waals surface area contributed by atoms with Crippen LogP contribution in [0, 0.1) is 0 Å². The van der Waals surface area contributed by atoms with Gasteiger partial charge in [0, 0.05) is 29.5 Å². The number of hydrogen-bond donors (Lipinski definition) is 2. The molecule has 6 heteroatoms. The van der Waals surface area contributed by atoms with Crippen LogP contribution in [0.2, 0.25) is 0 Å². The van der Waals surface area contributed by atoms with Crippen molar-refractivity contribution in [2.45, 2.75) is 6.42 Å². The number of aryl methyl sites for hydroxylation is 1. The number of azo groups is 1. The summed E-state index contributed by atoms with van der Waals surface area (Å²) in [6.45, 7) is 0. The Kier molecular flexibility index (Phi) is 3.57. The highest BCUT2D eigenvalue weighted by atomic mass is 16.3. The Bertz CT molecular complexity index is 1120. The van der Waals surface area contributed by atoms with Gasteiger partial charge in [0.2, 0.25) is 5.88 Å². The number of aromatic nitrogens is 2. The van der Waals surface area contributed by atoms with Crippen molar-refractivity contribution < 1.29 is 9.90 Å². The standard InChI is InChI=1S/C19H16N4O2/c1-23-16-9-5-3-7-14(16)18(19(23)25)22-21-17(24)10-12-11-20-15-8-4-2-6-13(12)15/h2-9,11,20,25H,10H2,1H3. The first-order chi connectivity index (χ1) is 12.1. The Morgan fingerprint density at radius 2 is 1.84 bits per heavy atom. The molecule has 2 heterocycles. The van der Waals surface area contributed by atoms with E-state index in [9.17, 15) is 9.90 Å². The number of fused-ring (bicyclic) bond motifs is 2. The van der Waals surface area contributed by atoms with Crippen molar-refractivity contribution in [3.63, 3.8) is 0 Å². The molecule has 0 spiro atoms. The number of rotatable bonds is 3. The molecule has 1 amide bonds. The van der Waals surface area contributed by atoms with Gasteiger partial charge < -0.3 is 14.7 Å². The second kappa shape index (κ2) is 5.90. The molecule has 4 rings (SSSR count). The molecule has 0 aliphatic carbocycles. The van der Waals surface area contributed by atoms with Crippen LogP contribution < -0.4 is 0 Å². The molecule has 25 heavy (non-hydrogen) atoms. The summed E-state index contributed by atoms with van der Waals surface area (Å²) in [5.74, 6) is -0.373.